The lowest BCUT2D eigenvalue weighted by Crippen LogP contribution is -2.39. The van der Waals surface area contributed by atoms with Gasteiger partial charge in [-0.25, -0.2) is 4.98 Å². The second-order valence-electron chi connectivity index (χ2n) is 4.85. The fourth-order valence-corrected chi connectivity index (χ4v) is 1.42. The van der Waals surface area contributed by atoms with Crippen LogP contribution in [0.3, 0.4) is 0 Å². The lowest BCUT2D eigenvalue weighted by atomic mass is 9.87. The fourth-order valence-electron chi connectivity index (χ4n) is 1.28. The van der Waals surface area contributed by atoms with Crippen molar-refractivity contribution in [1.82, 2.24) is 9.97 Å². The van der Waals surface area contributed by atoms with E-state index in [-0.39, 0.29) is 5.41 Å². The SMILES string of the molecule is CC(N(C)c1cncc(Cl)n1)C(C)(C)C. The highest BCUT2D eigenvalue weighted by Crippen LogP contribution is 2.26. The molecule has 1 rings (SSSR count). The van der Waals surface area contributed by atoms with Gasteiger partial charge in [0, 0.05) is 13.1 Å². The minimum Gasteiger partial charge on any atom is -0.355 e. The fraction of sp³-hybridized carbons (Fsp3) is 0.636. The summed E-state index contributed by atoms with van der Waals surface area (Å²) in [4.78, 5) is 10.4. The zero-order valence-corrected chi connectivity index (χ0v) is 10.7. The quantitative estimate of drug-likeness (QED) is 0.778. The molecule has 0 aliphatic heterocycles. The number of aromatic nitrogens is 2. The molecule has 0 N–H and O–H groups in total. The number of hydrogen-bond donors (Lipinski definition) is 0. The first-order valence-corrected chi connectivity index (χ1v) is 5.40. The first-order chi connectivity index (χ1) is 6.82. The molecule has 84 valence electrons. The predicted molar refractivity (Wildman–Crippen MR) is 64.4 cm³/mol. The highest BCUT2D eigenvalue weighted by molar-refractivity contribution is 6.29. The molecule has 1 unspecified atom stereocenters. The summed E-state index contributed by atoms with van der Waals surface area (Å²) >= 11 is 5.81. The summed E-state index contributed by atoms with van der Waals surface area (Å²) in [5.74, 6) is 0.810. The van der Waals surface area contributed by atoms with Crippen molar-refractivity contribution in [2.24, 2.45) is 5.41 Å². The van der Waals surface area contributed by atoms with E-state index < -0.39 is 0 Å². The average molecular weight is 228 g/mol. The molecule has 0 bridgehead atoms. The number of hydrogen-bond acceptors (Lipinski definition) is 3. The van der Waals surface area contributed by atoms with Crippen molar-refractivity contribution >= 4 is 17.4 Å². The minimum absolute atomic E-state index is 0.193. The van der Waals surface area contributed by atoms with Gasteiger partial charge in [-0.05, 0) is 12.3 Å². The summed E-state index contributed by atoms with van der Waals surface area (Å²) < 4.78 is 0. The van der Waals surface area contributed by atoms with Crippen LogP contribution < -0.4 is 4.90 Å². The number of anilines is 1. The van der Waals surface area contributed by atoms with Gasteiger partial charge in [0.1, 0.15) is 11.0 Å². The van der Waals surface area contributed by atoms with Crippen LogP contribution in [0.5, 0.6) is 0 Å². The summed E-state index contributed by atoms with van der Waals surface area (Å²) in [6.07, 6.45) is 3.27. The van der Waals surface area contributed by atoms with E-state index >= 15 is 0 Å². The van der Waals surface area contributed by atoms with Crippen LogP contribution >= 0.6 is 11.6 Å². The zero-order chi connectivity index (χ0) is 11.6. The van der Waals surface area contributed by atoms with Gasteiger partial charge in [-0.3, -0.25) is 4.98 Å². The van der Waals surface area contributed by atoms with E-state index in [1.165, 1.54) is 0 Å². The Kier molecular flexibility index (Phi) is 3.55. The molecule has 0 amide bonds. The maximum absolute atomic E-state index is 5.81. The molecule has 1 atom stereocenters. The Morgan fingerprint density at radius 3 is 2.40 bits per heavy atom. The molecule has 1 heterocycles. The van der Waals surface area contributed by atoms with Crippen molar-refractivity contribution < 1.29 is 0 Å². The second-order valence-corrected chi connectivity index (χ2v) is 5.24. The van der Waals surface area contributed by atoms with Gasteiger partial charge in [0.05, 0.1) is 12.4 Å². The molecule has 0 aliphatic carbocycles. The standard InChI is InChI=1S/C11H18ClN3/c1-8(11(2,3)4)15(5)10-7-13-6-9(12)14-10/h6-8H,1-5H3. The molecule has 0 fully saturated rings. The van der Waals surface area contributed by atoms with E-state index in [4.69, 9.17) is 11.6 Å². The van der Waals surface area contributed by atoms with Gasteiger partial charge in [-0.2, -0.15) is 0 Å². The van der Waals surface area contributed by atoms with Crippen LogP contribution in [-0.2, 0) is 0 Å². The van der Waals surface area contributed by atoms with E-state index in [2.05, 4.69) is 42.6 Å². The third kappa shape index (κ3) is 3.06. The first kappa shape index (κ1) is 12.2. The minimum atomic E-state index is 0.193. The number of halogens is 1. The lowest BCUT2D eigenvalue weighted by molar-refractivity contribution is 0.328. The normalized spacial score (nSPS) is 13.7. The highest BCUT2D eigenvalue weighted by atomic mass is 35.5. The zero-order valence-electron chi connectivity index (χ0n) is 9.95. The predicted octanol–water partition coefficient (Wildman–Crippen LogP) is 3.00. The van der Waals surface area contributed by atoms with Gasteiger partial charge in [0.25, 0.3) is 0 Å². The largest absolute Gasteiger partial charge is 0.355 e. The smallest absolute Gasteiger partial charge is 0.149 e. The Hall–Kier alpha value is -0.830. The van der Waals surface area contributed by atoms with E-state index in [0.717, 1.165) is 5.82 Å². The van der Waals surface area contributed by atoms with Crippen molar-refractivity contribution in [3.8, 4) is 0 Å². The van der Waals surface area contributed by atoms with Gasteiger partial charge >= 0.3 is 0 Å². The van der Waals surface area contributed by atoms with E-state index in [1.807, 2.05) is 7.05 Å². The van der Waals surface area contributed by atoms with E-state index in [1.54, 1.807) is 12.4 Å². The summed E-state index contributed by atoms with van der Waals surface area (Å²) in [6.45, 7) is 8.77. The molecule has 0 spiro atoms. The Balaban J connectivity index is 2.90. The van der Waals surface area contributed by atoms with Crippen molar-refractivity contribution in [3.63, 3.8) is 0 Å². The molecule has 0 saturated heterocycles. The monoisotopic (exact) mass is 227 g/mol. The first-order valence-electron chi connectivity index (χ1n) is 5.02. The van der Waals surface area contributed by atoms with Crippen LogP contribution in [0.15, 0.2) is 12.4 Å². The lowest BCUT2D eigenvalue weighted by Gasteiger charge is -2.35. The molecule has 4 heteroatoms. The summed E-state index contributed by atoms with van der Waals surface area (Å²) in [5.41, 5.74) is 0.193. The summed E-state index contributed by atoms with van der Waals surface area (Å²) in [7, 11) is 2.01. The highest BCUT2D eigenvalue weighted by Gasteiger charge is 2.24. The van der Waals surface area contributed by atoms with Crippen molar-refractivity contribution in [1.29, 1.82) is 0 Å². The van der Waals surface area contributed by atoms with E-state index in [0.29, 0.717) is 11.2 Å². The average Bonchev–Trinajstić information content (AvgIpc) is 2.14. The summed E-state index contributed by atoms with van der Waals surface area (Å²) in [6, 6.07) is 0.366. The van der Waals surface area contributed by atoms with Crippen molar-refractivity contribution in [3.05, 3.63) is 17.5 Å². The Labute approximate surface area is 96.5 Å². The third-order valence-electron chi connectivity index (χ3n) is 2.79. The second kappa shape index (κ2) is 4.35. The molecule has 3 nitrogen and oxygen atoms in total. The van der Waals surface area contributed by atoms with Gasteiger partial charge < -0.3 is 4.90 Å². The summed E-state index contributed by atoms with van der Waals surface area (Å²) in [5, 5.41) is 0.431. The Bertz CT molecular complexity index is 333. The maximum Gasteiger partial charge on any atom is 0.149 e. The van der Waals surface area contributed by atoms with Gasteiger partial charge in [0.2, 0.25) is 0 Å². The molecule has 0 aliphatic rings. The molecule has 15 heavy (non-hydrogen) atoms. The van der Waals surface area contributed by atoms with Gasteiger partial charge in [0.15, 0.2) is 0 Å². The molecular weight excluding hydrogens is 210 g/mol. The van der Waals surface area contributed by atoms with Crippen LogP contribution in [0.1, 0.15) is 27.7 Å². The molecule has 0 aromatic carbocycles. The van der Waals surface area contributed by atoms with Crippen molar-refractivity contribution in [2.45, 2.75) is 33.7 Å². The molecule has 1 aromatic heterocycles. The maximum atomic E-state index is 5.81. The van der Waals surface area contributed by atoms with Crippen LogP contribution in [0.25, 0.3) is 0 Å². The van der Waals surface area contributed by atoms with Crippen LogP contribution in [-0.4, -0.2) is 23.1 Å². The van der Waals surface area contributed by atoms with E-state index in [9.17, 15) is 0 Å². The molecule has 1 aromatic rings. The number of nitrogens with zero attached hydrogens (tertiary/aromatic N) is 3. The van der Waals surface area contributed by atoms with Gasteiger partial charge in [-0.15, -0.1) is 0 Å². The Morgan fingerprint density at radius 1 is 1.33 bits per heavy atom. The van der Waals surface area contributed by atoms with Crippen LogP contribution in [0, 0.1) is 5.41 Å². The van der Waals surface area contributed by atoms with Crippen LogP contribution in [0.2, 0.25) is 5.15 Å². The topological polar surface area (TPSA) is 29.0 Å². The van der Waals surface area contributed by atoms with Gasteiger partial charge in [-0.1, -0.05) is 32.4 Å². The molecule has 0 saturated carbocycles. The van der Waals surface area contributed by atoms with Crippen LogP contribution in [0.4, 0.5) is 5.82 Å². The Morgan fingerprint density at radius 2 is 1.93 bits per heavy atom. The van der Waals surface area contributed by atoms with Crippen molar-refractivity contribution in [2.75, 3.05) is 11.9 Å². The third-order valence-corrected chi connectivity index (χ3v) is 2.97. The molecule has 0 radical (unpaired) electrons. The molecular formula is C11H18ClN3. The number of rotatable bonds is 2.